The average Bonchev–Trinajstić information content (AvgIpc) is 2.78. The fourth-order valence-electron chi connectivity index (χ4n) is 1.98. The van der Waals surface area contributed by atoms with Gasteiger partial charge in [-0.1, -0.05) is 17.7 Å². The van der Waals surface area contributed by atoms with E-state index in [2.05, 4.69) is 15.6 Å². The highest BCUT2D eigenvalue weighted by Gasteiger charge is 2.06. The fourth-order valence-corrected chi connectivity index (χ4v) is 2.17. The van der Waals surface area contributed by atoms with Crippen molar-refractivity contribution in [2.45, 2.75) is 6.92 Å². The molecule has 0 aliphatic carbocycles. The summed E-state index contributed by atoms with van der Waals surface area (Å²) in [5, 5.41) is 6.00. The van der Waals surface area contributed by atoms with Crippen LogP contribution in [0, 0.1) is 6.92 Å². The van der Waals surface area contributed by atoms with Gasteiger partial charge in [0, 0.05) is 29.4 Å². The number of fused-ring (bicyclic) bond motifs is 1. The van der Waals surface area contributed by atoms with Crippen molar-refractivity contribution in [1.82, 2.24) is 4.98 Å². The van der Waals surface area contributed by atoms with Gasteiger partial charge in [0.2, 0.25) is 0 Å². The topological polar surface area (TPSA) is 67.2 Å². The van der Waals surface area contributed by atoms with Gasteiger partial charge in [-0.25, -0.2) is 9.78 Å². The van der Waals surface area contributed by atoms with Gasteiger partial charge < -0.3 is 15.1 Å². The Labute approximate surface area is 125 Å². The first-order valence-corrected chi connectivity index (χ1v) is 6.69. The predicted molar refractivity (Wildman–Crippen MR) is 82.8 cm³/mol. The normalized spacial score (nSPS) is 10.6. The molecule has 1 aromatic heterocycles. The lowest BCUT2D eigenvalue weighted by Gasteiger charge is -2.07. The van der Waals surface area contributed by atoms with Gasteiger partial charge in [0.05, 0.1) is 0 Å². The second-order valence-corrected chi connectivity index (χ2v) is 4.94. The lowest BCUT2D eigenvalue weighted by atomic mass is 10.3. The Bertz CT molecular complexity index is 814. The molecule has 106 valence electrons. The molecule has 2 N–H and O–H groups in total. The Kier molecular flexibility index (Phi) is 3.50. The number of nitrogens with one attached hydrogen (secondary N) is 2. The van der Waals surface area contributed by atoms with Crippen LogP contribution in [0.25, 0.3) is 11.1 Å². The maximum absolute atomic E-state index is 11.9. The molecule has 0 fully saturated rings. The first-order valence-electron chi connectivity index (χ1n) is 6.31. The third-order valence-corrected chi connectivity index (χ3v) is 3.07. The highest BCUT2D eigenvalue weighted by Crippen LogP contribution is 2.20. The Morgan fingerprint density at radius 1 is 1.14 bits per heavy atom. The monoisotopic (exact) mass is 301 g/mol. The second-order valence-electron chi connectivity index (χ2n) is 4.50. The van der Waals surface area contributed by atoms with E-state index in [0.29, 0.717) is 27.9 Å². The number of halogens is 1. The Morgan fingerprint density at radius 2 is 1.90 bits per heavy atom. The van der Waals surface area contributed by atoms with Crippen LogP contribution in [0.5, 0.6) is 0 Å². The zero-order valence-corrected chi connectivity index (χ0v) is 11.9. The third-order valence-electron chi connectivity index (χ3n) is 2.84. The van der Waals surface area contributed by atoms with Gasteiger partial charge in [-0.15, -0.1) is 0 Å². The number of nitrogens with zero attached hydrogens (tertiary/aromatic N) is 1. The largest absolute Gasteiger partial charge is 0.441 e. The minimum absolute atomic E-state index is 0.354. The molecule has 0 radical (unpaired) electrons. The summed E-state index contributed by atoms with van der Waals surface area (Å²) in [6.07, 6.45) is 0. The number of aryl methyl sites for hydroxylation is 1. The van der Waals surface area contributed by atoms with Crippen molar-refractivity contribution in [2.24, 2.45) is 0 Å². The molecular formula is C15H12ClN3O2. The summed E-state index contributed by atoms with van der Waals surface area (Å²) in [6.45, 7) is 1.78. The molecule has 1 heterocycles. The average molecular weight is 302 g/mol. The van der Waals surface area contributed by atoms with Crippen LogP contribution in [0.1, 0.15) is 5.89 Å². The van der Waals surface area contributed by atoms with Gasteiger partial charge in [0.15, 0.2) is 11.5 Å². The number of carbonyl (C=O) groups excluding carboxylic acids is 1. The number of anilines is 2. The smallest absolute Gasteiger partial charge is 0.323 e. The molecule has 21 heavy (non-hydrogen) atoms. The standard InChI is InChI=1S/C15H12ClN3O2/c1-9-17-13-6-5-12(8-14(13)21-9)19-15(20)18-11-4-2-3-10(16)7-11/h2-8H,1H3,(H2,18,19,20). The van der Waals surface area contributed by atoms with Crippen LogP contribution >= 0.6 is 11.6 Å². The minimum Gasteiger partial charge on any atom is -0.441 e. The van der Waals surface area contributed by atoms with E-state index in [1.165, 1.54) is 0 Å². The maximum Gasteiger partial charge on any atom is 0.323 e. The zero-order valence-electron chi connectivity index (χ0n) is 11.2. The molecule has 3 rings (SSSR count). The number of urea groups is 1. The van der Waals surface area contributed by atoms with Crippen molar-refractivity contribution < 1.29 is 9.21 Å². The number of carbonyl (C=O) groups is 1. The summed E-state index contributed by atoms with van der Waals surface area (Å²) in [6, 6.07) is 11.9. The summed E-state index contributed by atoms with van der Waals surface area (Å²) in [5.74, 6) is 0.588. The molecule has 0 bridgehead atoms. The van der Waals surface area contributed by atoms with Crippen molar-refractivity contribution >= 4 is 40.1 Å². The highest BCUT2D eigenvalue weighted by atomic mass is 35.5. The zero-order chi connectivity index (χ0) is 14.8. The van der Waals surface area contributed by atoms with Gasteiger partial charge in [-0.2, -0.15) is 0 Å². The Hall–Kier alpha value is -2.53. The van der Waals surface area contributed by atoms with Gasteiger partial charge >= 0.3 is 6.03 Å². The van der Waals surface area contributed by atoms with Crippen molar-refractivity contribution in [2.75, 3.05) is 10.6 Å². The summed E-state index contributed by atoms with van der Waals surface area (Å²) in [7, 11) is 0. The van der Waals surface area contributed by atoms with E-state index in [4.69, 9.17) is 16.0 Å². The third kappa shape index (κ3) is 3.14. The molecule has 0 saturated heterocycles. The molecule has 2 amide bonds. The molecule has 0 saturated carbocycles. The van der Waals surface area contributed by atoms with Gasteiger partial charge in [0.25, 0.3) is 0 Å². The summed E-state index contributed by atoms with van der Waals surface area (Å²) in [5.41, 5.74) is 2.64. The molecule has 0 atom stereocenters. The van der Waals surface area contributed by atoms with E-state index in [9.17, 15) is 4.79 Å². The molecule has 3 aromatic rings. The number of amides is 2. The number of hydrogen-bond acceptors (Lipinski definition) is 3. The van der Waals surface area contributed by atoms with Crippen LogP contribution in [0.4, 0.5) is 16.2 Å². The van der Waals surface area contributed by atoms with E-state index >= 15 is 0 Å². The van der Waals surface area contributed by atoms with E-state index < -0.39 is 0 Å². The molecule has 0 spiro atoms. The number of benzene rings is 2. The molecule has 0 aliphatic heterocycles. The fraction of sp³-hybridized carbons (Fsp3) is 0.0667. The minimum atomic E-state index is -0.354. The second kappa shape index (κ2) is 5.46. The number of hydrogen-bond donors (Lipinski definition) is 2. The van der Waals surface area contributed by atoms with E-state index in [0.717, 1.165) is 5.52 Å². The summed E-state index contributed by atoms with van der Waals surface area (Å²) in [4.78, 5) is 16.1. The number of oxazole rings is 1. The molecule has 0 unspecified atom stereocenters. The quantitative estimate of drug-likeness (QED) is 0.735. The van der Waals surface area contributed by atoms with Crippen molar-refractivity contribution in [3.05, 3.63) is 53.4 Å². The molecule has 2 aromatic carbocycles. The summed E-state index contributed by atoms with van der Waals surface area (Å²) >= 11 is 5.87. The predicted octanol–water partition coefficient (Wildman–Crippen LogP) is 4.43. The Balaban J connectivity index is 1.73. The van der Waals surface area contributed by atoms with Gasteiger partial charge in [0.1, 0.15) is 5.52 Å². The molecule has 6 heteroatoms. The molecule has 0 aliphatic rings. The van der Waals surface area contributed by atoms with Crippen LogP contribution in [-0.2, 0) is 0 Å². The van der Waals surface area contributed by atoms with E-state index in [1.54, 1.807) is 49.4 Å². The first kappa shape index (κ1) is 13.5. The highest BCUT2D eigenvalue weighted by molar-refractivity contribution is 6.30. The SMILES string of the molecule is Cc1nc2ccc(NC(=O)Nc3cccc(Cl)c3)cc2o1. The van der Waals surface area contributed by atoms with E-state index in [1.807, 2.05) is 0 Å². The number of rotatable bonds is 2. The summed E-state index contributed by atoms with van der Waals surface area (Å²) < 4.78 is 5.42. The van der Waals surface area contributed by atoms with Crippen LogP contribution in [0.3, 0.4) is 0 Å². The van der Waals surface area contributed by atoms with Crippen LogP contribution < -0.4 is 10.6 Å². The van der Waals surface area contributed by atoms with Crippen molar-refractivity contribution in [1.29, 1.82) is 0 Å². The lowest BCUT2D eigenvalue weighted by molar-refractivity contribution is 0.262. The van der Waals surface area contributed by atoms with Crippen molar-refractivity contribution in [3.63, 3.8) is 0 Å². The van der Waals surface area contributed by atoms with E-state index in [-0.39, 0.29) is 6.03 Å². The maximum atomic E-state index is 11.9. The van der Waals surface area contributed by atoms with Crippen LogP contribution in [-0.4, -0.2) is 11.0 Å². The molecular weight excluding hydrogens is 290 g/mol. The lowest BCUT2D eigenvalue weighted by Crippen LogP contribution is -2.19. The molecule has 5 nitrogen and oxygen atoms in total. The number of aromatic nitrogens is 1. The van der Waals surface area contributed by atoms with Crippen LogP contribution in [0.15, 0.2) is 46.9 Å². The van der Waals surface area contributed by atoms with Crippen LogP contribution in [0.2, 0.25) is 5.02 Å². The van der Waals surface area contributed by atoms with Gasteiger partial charge in [-0.05, 0) is 30.3 Å². The van der Waals surface area contributed by atoms with Crippen molar-refractivity contribution in [3.8, 4) is 0 Å². The first-order chi connectivity index (χ1) is 10.1. The van der Waals surface area contributed by atoms with Gasteiger partial charge in [-0.3, -0.25) is 0 Å². The Morgan fingerprint density at radius 3 is 2.67 bits per heavy atom.